The van der Waals surface area contributed by atoms with Gasteiger partial charge in [0.15, 0.2) is 0 Å². The lowest BCUT2D eigenvalue weighted by Crippen LogP contribution is -2.20. The van der Waals surface area contributed by atoms with E-state index in [9.17, 15) is 0 Å². The molecular formula is C11H25N. The zero-order valence-corrected chi connectivity index (χ0v) is 8.97. The highest BCUT2D eigenvalue weighted by Crippen LogP contribution is 2.21. The maximum Gasteiger partial charge on any atom is -0.00489 e. The molecule has 12 heavy (non-hydrogen) atoms. The summed E-state index contributed by atoms with van der Waals surface area (Å²) in [5.74, 6) is 1.58. The number of hydrogen-bond acceptors (Lipinski definition) is 1. The van der Waals surface area contributed by atoms with Crippen molar-refractivity contribution in [2.75, 3.05) is 6.54 Å². The molecular weight excluding hydrogens is 146 g/mol. The molecule has 0 saturated carbocycles. The van der Waals surface area contributed by atoms with E-state index < -0.39 is 0 Å². The van der Waals surface area contributed by atoms with Gasteiger partial charge in [-0.25, -0.2) is 0 Å². The molecule has 0 radical (unpaired) electrons. The lowest BCUT2D eigenvalue weighted by atomic mass is 9.87. The fourth-order valence-electron chi connectivity index (χ4n) is 1.74. The zero-order valence-electron chi connectivity index (χ0n) is 8.97. The molecule has 0 aliphatic rings. The first-order chi connectivity index (χ1) is 5.76. The molecule has 0 amide bonds. The van der Waals surface area contributed by atoms with E-state index in [1.165, 1.54) is 32.1 Å². The Balaban J connectivity index is 3.52. The monoisotopic (exact) mass is 171 g/mol. The minimum absolute atomic E-state index is 0.715. The highest BCUT2D eigenvalue weighted by atomic mass is 14.5. The first-order valence-corrected chi connectivity index (χ1v) is 5.46. The second-order valence-electron chi connectivity index (χ2n) is 3.88. The summed E-state index contributed by atoms with van der Waals surface area (Å²) >= 11 is 0. The Morgan fingerprint density at radius 1 is 1.17 bits per heavy atom. The van der Waals surface area contributed by atoms with E-state index in [1.807, 2.05) is 0 Å². The van der Waals surface area contributed by atoms with Crippen LogP contribution < -0.4 is 5.73 Å². The molecule has 0 aromatic carbocycles. The molecule has 1 nitrogen and oxygen atoms in total. The Bertz CT molecular complexity index is 91.0. The quantitative estimate of drug-likeness (QED) is 0.585. The molecule has 0 fully saturated rings. The molecule has 0 rings (SSSR count). The van der Waals surface area contributed by atoms with Crippen molar-refractivity contribution in [3.8, 4) is 0 Å². The fourth-order valence-corrected chi connectivity index (χ4v) is 1.74. The van der Waals surface area contributed by atoms with E-state index in [1.54, 1.807) is 0 Å². The number of nitrogens with two attached hydrogens (primary N) is 1. The highest BCUT2D eigenvalue weighted by molar-refractivity contribution is 4.65. The van der Waals surface area contributed by atoms with Gasteiger partial charge in [-0.15, -0.1) is 0 Å². The van der Waals surface area contributed by atoms with Gasteiger partial charge in [0, 0.05) is 0 Å². The van der Waals surface area contributed by atoms with E-state index in [0.717, 1.165) is 12.5 Å². The Labute approximate surface area is 77.7 Å². The van der Waals surface area contributed by atoms with Crippen molar-refractivity contribution in [3.63, 3.8) is 0 Å². The first kappa shape index (κ1) is 12.0. The summed E-state index contributed by atoms with van der Waals surface area (Å²) in [5.41, 5.74) is 5.65. The van der Waals surface area contributed by atoms with Crippen molar-refractivity contribution in [2.24, 2.45) is 17.6 Å². The average molecular weight is 171 g/mol. The van der Waals surface area contributed by atoms with Crippen molar-refractivity contribution in [1.29, 1.82) is 0 Å². The summed E-state index contributed by atoms with van der Waals surface area (Å²) in [6, 6.07) is 0. The van der Waals surface area contributed by atoms with Gasteiger partial charge in [0.25, 0.3) is 0 Å². The standard InChI is InChI=1S/C11H25N/c1-4-6-7-8-11(5-2)10(3)9-12/h10-11H,4-9,12H2,1-3H3. The SMILES string of the molecule is CCCCCC(CC)C(C)CN. The number of rotatable bonds is 7. The molecule has 1 heteroatoms. The molecule has 74 valence electrons. The average Bonchev–Trinajstić information content (AvgIpc) is 2.11. The van der Waals surface area contributed by atoms with Gasteiger partial charge in [-0.3, -0.25) is 0 Å². The normalized spacial score (nSPS) is 16.0. The van der Waals surface area contributed by atoms with Crippen LogP contribution in [0.4, 0.5) is 0 Å². The summed E-state index contributed by atoms with van der Waals surface area (Å²) in [5, 5.41) is 0. The van der Waals surface area contributed by atoms with Gasteiger partial charge in [-0.2, -0.15) is 0 Å². The summed E-state index contributed by atoms with van der Waals surface area (Å²) in [4.78, 5) is 0. The second-order valence-corrected chi connectivity index (χ2v) is 3.88. The van der Waals surface area contributed by atoms with Crippen LogP contribution in [0.1, 0.15) is 52.9 Å². The van der Waals surface area contributed by atoms with Crippen molar-refractivity contribution >= 4 is 0 Å². The number of hydrogen-bond donors (Lipinski definition) is 1. The third-order valence-corrected chi connectivity index (χ3v) is 2.88. The van der Waals surface area contributed by atoms with E-state index in [-0.39, 0.29) is 0 Å². The lowest BCUT2D eigenvalue weighted by molar-refractivity contribution is 0.322. The molecule has 2 unspecified atom stereocenters. The van der Waals surface area contributed by atoms with Gasteiger partial charge in [0.1, 0.15) is 0 Å². The molecule has 0 heterocycles. The van der Waals surface area contributed by atoms with Gasteiger partial charge in [0.2, 0.25) is 0 Å². The van der Waals surface area contributed by atoms with Crippen LogP contribution in [-0.4, -0.2) is 6.54 Å². The summed E-state index contributed by atoms with van der Waals surface area (Å²) in [6.07, 6.45) is 6.77. The zero-order chi connectivity index (χ0) is 9.40. The number of unbranched alkanes of at least 4 members (excludes halogenated alkanes) is 2. The van der Waals surface area contributed by atoms with Crippen LogP contribution in [0.5, 0.6) is 0 Å². The van der Waals surface area contributed by atoms with Crippen molar-refractivity contribution in [3.05, 3.63) is 0 Å². The Morgan fingerprint density at radius 3 is 2.25 bits per heavy atom. The summed E-state index contributed by atoms with van der Waals surface area (Å²) in [6.45, 7) is 7.67. The summed E-state index contributed by atoms with van der Waals surface area (Å²) in [7, 11) is 0. The van der Waals surface area contributed by atoms with Gasteiger partial charge in [-0.05, 0) is 18.4 Å². The minimum atomic E-state index is 0.715. The lowest BCUT2D eigenvalue weighted by Gasteiger charge is -2.20. The molecule has 0 aliphatic carbocycles. The topological polar surface area (TPSA) is 26.0 Å². The Hall–Kier alpha value is -0.0400. The molecule has 0 bridgehead atoms. The molecule has 0 aromatic rings. The van der Waals surface area contributed by atoms with Crippen LogP contribution in [0.2, 0.25) is 0 Å². The van der Waals surface area contributed by atoms with Gasteiger partial charge >= 0.3 is 0 Å². The third-order valence-electron chi connectivity index (χ3n) is 2.88. The minimum Gasteiger partial charge on any atom is -0.330 e. The van der Waals surface area contributed by atoms with Crippen molar-refractivity contribution < 1.29 is 0 Å². The van der Waals surface area contributed by atoms with Gasteiger partial charge in [-0.1, -0.05) is 52.9 Å². The second kappa shape index (κ2) is 7.60. The van der Waals surface area contributed by atoms with Crippen LogP contribution in [0, 0.1) is 11.8 Å². The maximum absolute atomic E-state index is 5.65. The first-order valence-electron chi connectivity index (χ1n) is 5.46. The van der Waals surface area contributed by atoms with Crippen LogP contribution in [0.25, 0.3) is 0 Å². The van der Waals surface area contributed by atoms with Crippen LogP contribution in [0.15, 0.2) is 0 Å². The van der Waals surface area contributed by atoms with E-state index >= 15 is 0 Å². The third kappa shape index (κ3) is 4.76. The fraction of sp³-hybridized carbons (Fsp3) is 1.00. The van der Waals surface area contributed by atoms with E-state index in [2.05, 4.69) is 20.8 Å². The largest absolute Gasteiger partial charge is 0.330 e. The van der Waals surface area contributed by atoms with Crippen LogP contribution in [-0.2, 0) is 0 Å². The predicted molar refractivity (Wildman–Crippen MR) is 56.1 cm³/mol. The molecule has 0 saturated heterocycles. The molecule has 0 aromatic heterocycles. The molecule has 0 spiro atoms. The van der Waals surface area contributed by atoms with Crippen molar-refractivity contribution in [1.82, 2.24) is 0 Å². The molecule has 2 N–H and O–H groups in total. The Kier molecular flexibility index (Phi) is 7.58. The smallest absolute Gasteiger partial charge is 0.00489 e. The highest BCUT2D eigenvalue weighted by Gasteiger charge is 2.12. The maximum atomic E-state index is 5.65. The summed E-state index contributed by atoms with van der Waals surface area (Å²) < 4.78 is 0. The Morgan fingerprint density at radius 2 is 1.83 bits per heavy atom. The predicted octanol–water partition coefficient (Wildman–Crippen LogP) is 3.19. The van der Waals surface area contributed by atoms with Gasteiger partial charge < -0.3 is 5.73 Å². The van der Waals surface area contributed by atoms with Crippen molar-refractivity contribution in [2.45, 2.75) is 52.9 Å². The van der Waals surface area contributed by atoms with E-state index in [0.29, 0.717) is 5.92 Å². The van der Waals surface area contributed by atoms with Crippen LogP contribution in [0.3, 0.4) is 0 Å². The molecule has 2 atom stereocenters. The van der Waals surface area contributed by atoms with Gasteiger partial charge in [0.05, 0.1) is 0 Å². The van der Waals surface area contributed by atoms with E-state index in [4.69, 9.17) is 5.73 Å². The molecule has 0 aliphatic heterocycles. The van der Waals surface area contributed by atoms with Crippen LogP contribution >= 0.6 is 0 Å².